The Labute approximate surface area is 146 Å². The molecule has 4 heteroatoms. The van der Waals surface area contributed by atoms with Gasteiger partial charge in [0.05, 0.1) is 12.6 Å². The molecule has 0 unspecified atom stereocenters. The van der Waals surface area contributed by atoms with Crippen molar-refractivity contribution in [3.63, 3.8) is 0 Å². The van der Waals surface area contributed by atoms with E-state index in [9.17, 15) is 0 Å². The Morgan fingerprint density at radius 1 is 1.00 bits per heavy atom. The van der Waals surface area contributed by atoms with Gasteiger partial charge in [-0.15, -0.1) is 10.2 Å². The predicted octanol–water partition coefficient (Wildman–Crippen LogP) is 4.62. The zero-order valence-corrected chi connectivity index (χ0v) is 14.1. The maximum Gasteiger partial charge on any atom is 0.118 e. The molecule has 1 fully saturated rings. The summed E-state index contributed by atoms with van der Waals surface area (Å²) in [5.41, 5.74) is 5.34. The summed E-state index contributed by atoms with van der Waals surface area (Å²) in [5, 5.41) is 10.2. The third-order valence-corrected chi connectivity index (χ3v) is 5.03. The molecule has 5 rings (SSSR count). The van der Waals surface area contributed by atoms with Crippen LogP contribution in [0.5, 0.6) is 5.75 Å². The van der Waals surface area contributed by atoms with E-state index in [1.54, 1.807) is 7.11 Å². The Bertz CT molecular complexity index is 1020. The van der Waals surface area contributed by atoms with E-state index in [2.05, 4.69) is 45.2 Å². The largest absolute Gasteiger partial charge is 0.497 e. The molecule has 0 aromatic heterocycles. The van der Waals surface area contributed by atoms with E-state index in [0.717, 1.165) is 40.7 Å². The van der Waals surface area contributed by atoms with Crippen LogP contribution in [0.1, 0.15) is 12.8 Å². The van der Waals surface area contributed by atoms with Crippen molar-refractivity contribution in [2.24, 2.45) is 5.92 Å². The molecule has 0 amide bonds. The van der Waals surface area contributed by atoms with Gasteiger partial charge in [0, 0.05) is 29.3 Å². The molecule has 2 aliphatic heterocycles. The Kier molecular flexibility index (Phi) is 3.23. The molecule has 124 valence electrons. The molecule has 2 aromatic carbocycles. The van der Waals surface area contributed by atoms with Crippen LogP contribution in [-0.2, 0) is 6.54 Å². The minimum absolute atomic E-state index is 0.811. The number of methoxy groups -OCH3 is 1. The van der Waals surface area contributed by atoms with E-state index in [1.165, 1.54) is 23.7 Å². The summed E-state index contributed by atoms with van der Waals surface area (Å²) >= 11 is 0. The van der Waals surface area contributed by atoms with Crippen LogP contribution in [0.25, 0.3) is 33.4 Å². The van der Waals surface area contributed by atoms with Crippen molar-refractivity contribution in [3.8, 4) is 28.3 Å². The van der Waals surface area contributed by atoms with Crippen molar-refractivity contribution in [1.29, 1.82) is 0 Å². The smallest absolute Gasteiger partial charge is 0.118 e. The van der Waals surface area contributed by atoms with Crippen molar-refractivity contribution in [1.82, 2.24) is 14.8 Å². The molecule has 0 radical (unpaired) electrons. The zero-order chi connectivity index (χ0) is 16.8. The number of ether oxygens (including phenoxy) is 1. The van der Waals surface area contributed by atoms with Gasteiger partial charge < -0.3 is 9.30 Å². The monoisotopic (exact) mass is 329 g/mol. The van der Waals surface area contributed by atoms with Crippen LogP contribution in [0.15, 0.2) is 54.7 Å². The van der Waals surface area contributed by atoms with Crippen LogP contribution in [0.2, 0.25) is 0 Å². The van der Waals surface area contributed by atoms with Gasteiger partial charge >= 0.3 is 0 Å². The summed E-state index contributed by atoms with van der Waals surface area (Å²) in [4.78, 5) is 0. The first kappa shape index (κ1) is 14.5. The van der Waals surface area contributed by atoms with Gasteiger partial charge in [-0.3, -0.25) is 0 Å². The average molecular weight is 329 g/mol. The fourth-order valence-electron chi connectivity index (χ4n) is 3.48. The molecule has 1 aliphatic carbocycles. The molecule has 0 spiro atoms. The number of hydrogen-bond acceptors (Lipinski definition) is 3. The lowest BCUT2D eigenvalue weighted by Gasteiger charge is -2.14. The van der Waals surface area contributed by atoms with Gasteiger partial charge in [-0.25, -0.2) is 0 Å². The number of rotatable bonds is 4. The van der Waals surface area contributed by atoms with Crippen LogP contribution in [-0.4, -0.2) is 21.9 Å². The molecule has 2 heterocycles. The zero-order valence-electron chi connectivity index (χ0n) is 14.1. The highest BCUT2D eigenvalue weighted by Crippen LogP contribution is 2.38. The van der Waals surface area contributed by atoms with Gasteiger partial charge in [0.15, 0.2) is 0 Å². The Morgan fingerprint density at radius 2 is 1.76 bits per heavy atom. The Morgan fingerprint density at radius 3 is 2.52 bits per heavy atom. The van der Waals surface area contributed by atoms with Gasteiger partial charge in [-0.05, 0) is 49.1 Å². The lowest BCUT2D eigenvalue weighted by atomic mass is 10.0. The second kappa shape index (κ2) is 5.59. The van der Waals surface area contributed by atoms with E-state index in [0.29, 0.717) is 0 Å². The minimum atomic E-state index is 0.811. The molecule has 4 nitrogen and oxygen atoms in total. The average Bonchev–Trinajstić information content (AvgIpc) is 3.38. The number of benzene rings is 2. The third-order valence-electron chi connectivity index (χ3n) is 5.03. The molecule has 1 saturated carbocycles. The first-order valence-electron chi connectivity index (χ1n) is 8.72. The summed E-state index contributed by atoms with van der Waals surface area (Å²) in [7, 11) is 1.68. The van der Waals surface area contributed by atoms with E-state index in [-0.39, 0.29) is 0 Å². The van der Waals surface area contributed by atoms with Crippen LogP contribution in [0.4, 0.5) is 0 Å². The van der Waals surface area contributed by atoms with Gasteiger partial charge in [-0.2, -0.15) is 0 Å². The number of fused-ring (bicyclic) bond motifs is 3. The summed E-state index contributed by atoms with van der Waals surface area (Å²) in [6.07, 6.45) is 4.90. The van der Waals surface area contributed by atoms with Crippen molar-refractivity contribution in [2.45, 2.75) is 19.4 Å². The topological polar surface area (TPSA) is 39.9 Å². The highest BCUT2D eigenvalue weighted by molar-refractivity contribution is 5.97. The van der Waals surface area contributed by atoms with Gasteiger partial charge in [-0.1, -0.05) is 18.2 Å². The SMILES string of the molecule is COc1ccc(-c2nnc3c4ccccc4n(CC4CC4)cc2-3)cc1. The van der Waals surface area contributed by atoms with Gasteiger partial charge in [0.1, 0.15) is 17.1 Å². The number of nitrogens with zero attached hydrogens (tertiary/aromatic N) is 3. The van der Waals surface area contributed by atoms with E-state index >= 15 is 0 Å². The van der Waals surface area contributed by atoms with Crippen molar-refractivity contribution < 1.29 is 4.74 Å². The number of aromatic nitrogens is 3. The molecule has 2 aromatic rings. The van der Waals surface area contributed by atoms with E-state index in [1.807, 2.05) is 24.3 Å². The van der Waals surface area contributed by atoms with Crippen molar-refractivity contribution >= 4 is 10.9 Å². The molecule has 0 atom stereocenters. The summed E-state index contributed by atoms with van der Waals surface area (Å²) in [5.74, 6) is 1.66. The van der Waals surface area contributed by atoms with Crippen LogP contribution in [0.3, 0.4) is 0 Å². The molecule has 25 heavy (non-hydrogen) atoms. The van der Waals surface area contributed by atoms with Crippen molar-refractivity contribution in [3.05, 3.63) is 54.7 Å². The summed E-state index contributed by atoms with van der Waals surface area (Å²) in [6.45, 7) is 1.07. The molecule has 0 N–H and O–H groups in total. The van der Waals surface area contributed by atoms with Gasteiger partial charge in [0.25, 0.3) is 0 Å². The summed E-state index contributed by atoms with van der Waals surface area (Å²) < 4.78 is 7.64. The predicted molar refractivity (Wildman–Crippen MR) is 98.9 cm³/mol. The quantitative estimate of drug-likeness (QED) is 0.548. The number of hydrogen-bond donors (Lipinski definition) is 0. The summed E-state index contributed by atoms with van der Waals surface area (Å²) in [6, 6.07) is 16.5. The van der Waals surface area contributed by atoms with E-state index < -0.39 is 0 Å². The highest BCUT2D eigenvalue weighted by atomic mass is 16.5. The standard InChI is InChI=1S/C21H19N3O/c1-25-16-10-8-15(9-11-16)20-18-13-24(12-14-6-7-14)19-5-3-2-4-17(19)21(18)23-22-20/h2-5,8-11,13-14H,6-7,12H2,1H3. The van der Waals surface area contributed by atoms with Crippen molar-refractivity contribution in [2.75, 3.05) is 7.11 Å². The normalized spacial score (nSPS) is 14.3. The maximum atomic E-state index is 5.26. The third kappa shape index (κ3) is 2.45. The molecular weight excluding hydrogens is 310 g/mol. The van der Waals surface area contributed by atoms with Crippen LogP contribution in [0, 0.1) is 5.92 Å². The highest BCUT2D eigenvalue weighted by Gasteiger charge is 2.25. The second-order valence-corrected chi connectivity index (χ2v) is 6.78. The van der Waals surface area contributed by atoms with Crippen LogP contribution < -0.4 is 4.74 Å². The molecule has 3 aliphatic rings. The number of pyridine rings is 1. The van der Waals surface area contributed by atoms with Gasteiger partial charge in [0.2, 0.25) is 0 Å². The molecular formula is C21H19N3O. The minimum Gasteiger partial charge on any atom is -0.497 e. The van der Waals surface area contributed by atoms with E-state index in [4.69, 9.17) is 4.74 Å². The second-order valence-electron chi connectivity index (χ2n) is 6.78. The molecule has 0 saturated heterocycles. The maximum absolute atomic E-state index is 5.26. The fraction of sp³-hybridized carbons (Fsp3) is 0.238. The first-order valence-corrected chi connectivity index (χ1v) is 8.72. The Hall–Kier alpha value is -2.88. The van der Waals surface area contributed by atoms with Crippen LogP contribution >= 0.6 is 0 Å². The Balaban J connectivity index is 1.70. The number of para-hydroxylation sites is 1. The fourth-order valence-corrected chi connectivity index (χ4v) is 3.48. The lowest BCUT2D eigenvalue weighted by molar-refractivity contribution is 0.415. The lowest BCUT2D eigenvalue weighted by Crippen LogP contribution is -2.04. The molecule has 0 bridgehead atoms. The first-order chi connectivity index (χ1) is 12.3.